The van der Waals surface area contributed by atoms with Gasteiger partial charge in [0.1, 0.15) is 5.75 Å². The first kappa shape index (κ1) is 20.3. The first-order valence-electron chi connectivity index (χ1n) is 7.54. The molecule has 1 amide bonds. The molecule has 0 aliphatic heterocycles. The average Bonchev–Trinajstić information content (AvgIpc) is 2.60. The first-order chi connectivity index (χ1) is 12.0. The lowest BCUT2D eigenvalue weighted by atomic mass is 10.2. The molecule has 7 nitrogen and oxygen atoms in total. The number of hydrogen-bond acceptors (Lipinski definition) is 6. The number of hydrogen-bond donors (Lipinski definition) is 0. The smallest absolute Gasteiger partial charge is 0.344 e. The highest BCUT2D eigenvalue weighted by atomic mass is 35.5. The van der Waals surface area contributed by atoms with E-state index in [1.165, 1.54) is 4.90 Å². The van der Waals surface area contributed by atoms with Crippen molar-refractivity contribution in [2.45, 2.75) is 19.8 Å². The lowest BCUT2D eigenvalue weighted by Gasteiger charge is -2.20. The molecule has 0 radical (unpaired) electrons. The topological polar surface area (TPSA) is 103 Å². The number of nitrogens with zero attached hydrogens (tertiary/aromatic N) is 3. The predicted molar refractivity (Wildman–Crippen MR) is 89.7 cm³/mol. The molecule has 132 valence electrons. The molecule has 0 saturated carbocycles. The normalized spacial score (nSPS) is 9.60. The number of carbonyl (C=O) groups is 2. The largest absolute Gasteiger partial charge is 0.482 e. The molecule has 0 N–H and O–H groups in total. The molecule has 25 heavy (non-hydrogen) atoms. The van der Waals surface area contributed by atoms with Gasteiger partial charge < -0.3 is 14.4 Å². The van der Waals surface area contributed by atoms with Crippen LogP contribution in [0.1, 0.15) is 18.4 Å². The van der Waals surface area contributed by atoms with E-state index in [9.17, 15) is 9.59 Å². The van der Waals surface area contributed by atoms with Crippen molar-refractivity contribution >= 4 is 23.5 Å². The summed E-state index contributed by atoms with van der Waals surface area (Å²) in [6.45, 7) is 1.39. The van der Waals surface area contributed by atoms with Crippen molar-refractivity contribution < 1.29 is 19.1 Å². The highest BCUT2D eigenvalue weighted by molar-refractivity contribution is 6.31. The van der Waals surface area contributed by atoms with E-state index in [-0.39, 0.29) is 32.5 Å². The number of esters is 1. The minimum Gasteiger partial charge on any atom is -0.482 e. The van der Waals surface area contributed by atoms with Gasteiger partial charge in [0.2, 0.25) is 0 Å². The van der Waals surface area contributed by atoms with Gasteiger partial charge in [-0.1, -0.05) is 11.6 Å². The van der Waals surface area contributed by atoms with Gasteiger partial charge in [-0.15, -0.1) is 0 Å². The second kappa shape index (κ2) is 10.9. The number of amides is 1. The Labute approximate surface area is 151 Å². The minimum absolute atomic E-state index is 0.143. The van der Waals surface area contributed by atoms with Crippen LogP contribution in [0.5, 0.6) is 5.75 Å². The fourth-order valence-electron chi connectivity index (χ4n) is 1.86. The van der Waals surface area contributed by atoms with Crippen LogP contribution in [0.3, 0.4) is 0 Å². The summed E-state index contributed by atoms with van der Waals surface area (Å²) in [4.78, 5) is 25.0. The fraction of sp³-hybridized carbons (Fsp3) is 0.412. The predicted octanol–water partition coefficient (Wildman–Crippen LogP) is 2.23. The SMILES string of the molecule is Cc1cc(OCC(=O)OCC(=O)N(CCC#N)CCC#N)ccc1Cl. The molecular weight excluding hydrogens is 346 g/mol. The number of benzene rings is 1. The van der Waals surface area contributed by atoms with Gasteiger partial charge in [-0.25, -0.2) is 4.79 Å². The van der Waals surface area contributed by atoms with Gasteiger partial charge in [0.15, 0.2) is 13.2 Å². The fourth-order valence-corrected chi connectivity index (χ4v) is 1.97. The first-order valence-corrected chi connectivity index (χ1v) is 7.92. The van der Waals surface area contributed by atoms with E-state index in [0.29, 0.717) is 10.8 Å². The zero-order chi connectivity index (χ0) is 18.7. The molecule has 1 aromatic carbocycles. The molecular formula is C17H18ClN3O4. The van der Waals surface area contributed by atoms with E-state index in [0.717, 1.165) is 5.56 Å². The second-order valence-electron chi connectivity index (χ2n) is 5.06. The molecule has 0 aliphatic carbocycles. The molecule has 1 aromatic rings. The van der Waals surface area contributed by atoms with E-state index in [1.807, 2.05) is 19.1 Å². The Hall–Kier alpha value is -2.77. The molecule has 0 atom stereocenters. The van der Waals surface area contributed by atoms with E-state index >= 15 is 0 Å². The summed E-state index contributed by atoms with van der Waals surface area (Å²) >= 11 is 5.90. The quantitative estimate of drug-likeness (QED) is 0.623. The maximum absolute atomic E-state index is 12.0. The average molecular weight is 364 g/mol. The summed E-state index contributed by atoms with van der Waals surface area (Å²) in [6, 6.07) is 8.82. The third-order valence-electron chi connectivity index (χ3n) is 3.18. The van der Waals surface area contributed by atoms with Crippen molar-refractivity contribution in [1.29, 1.82) is 10.5 Å². The van der Waals surface area contributed by atoms with Crippen LogP contribution >= 0.6 is 11.6 Å². The van der Waals surface area contributed by atoms with E-state index in [4.69, 9.17) is 31.6 Å². The third-order valence-corrected chi connectivity index (χ3v) is 3.61. The number of ether oxygens (including phenoxy) is 2. The maximum Gasteiger partial charge on any atom is 0.344 e. The number of halogens is 1. The Morgan fingerprint density at radius 1 is 1.16 bits per heavy atom. The van der Waals surface area contributed by atoms with Crippen molar-refractivity contribution in [1.82, 2.24) is 4.90 Å². The molecule has 0 spiro atoms. The van der Waals surface area contributed by atoms with Gasteiger partial charge in [0.25, 0.3) is 5.91 Å². The Morgan fingerprint density at radius 2 is 1.80 bits per heavy atom. The van der Waals surface area contributed by atoms with Crippen LogP contribution in [-0.4, -0.2) is 43.1 Å². The molecule has 8 heteroatoms. The minimum atomic E-state index is -0.693. The van der Waals surface area contributed by atoms with Gasteiger partial charge in [-0.2, -0.15) is 10.5 Å². The Morgan fingerprint density at radius 3 is 2.36 bits per heavy atom. The zero-order valence-corrected chi connectivity index (χ0v) is 14.6. The second-order valence-corrected chi connectivity index (χ2v) is 5.46. The monoisotopic (exact) mass is 363 g/mol. The van der Waals surface area contributed by atoms with Crippen molar-refractivity contribution in [3.05, 3.63) is 28.8 Å². The summed E-state index contributed by atoms with van der Waals surface area (Å²) in [5.41, 5.74) is 0.813. The van der Waals surface area contributed by atoms with Gasteiger partial charge in [-0.05, 0) is 30.7 Å². The third kappa shape index (κ3) is 7.56. The van der Waals surface area contributed by atoms with Gasteiger partial charge in [-0.3, -0.25) is 4.79 Å². The Balaban J connectivity index is 2.42. The molecule has 0 saturated heterocycles. The molecule has 0 aromatic heterocycles. The van der Waals surface area contributed by atoms with Crippen molar-refractivity contribution in [3.63, 3.8) is 0 Å². The zero-order valence-electron chi connectivity index (χ0n) is 13.8. The Kier molecular flexibility index (Phi) is 8.84. The lowest BCUT2D eigenvalue weighted by Crippen LogP contribution is -2.36. The van der Waals surface area contributed by atoms with Crippen LogP contribution in [0.25, 0.3) is 0 Å². The van der Waals surface area contributed by atoms with E-state index in [1.54, 1.807) is 18.2 Å². The summed E-state index contributed by atoms with van der Waals surface area (Å²) in [5.74, 6) is -0.683. The van der Waals surface area contributed by atoms with Gasteiger partial charge in [0, 0.05) is 18.1 Å². The van der Waals surface area contributed by atoms with Crippen molar-refractivity contribution in [3.8, 4) is 17.9 Å². The summed E-state index contributed by atoms with van der Waals surface area (Å²) < 4.78 is 10.2. The van der Waals surface area contributed by atoms with Crippen molar-refractivity contribution in [2.24, 2.45) is 0 Å². The Bertz CT molecular complexity index is 676. The van der Waals surface area contributed by atoms with Gasteiger partial charge >= 0.3 is 5.97 Å². The number of carbonyl (C=O) groups excluding carboxylic acids is 2. The molecule has 0 fully saturated rings. The van der Waals surface area contributed by atoms with E-state index in [2.05, 4.69) is 0 Å². The van der Waals surface area contributed by atoms with E-state index < -0.39 is 18.5 Å². The summed E-state index contributed by atoms with van der Waals surface area (Å²) in [6.07, 6.45) is 0.286. The van der Waals surface area contributed by atoms with Gasteiger partial charge in [0.05, 0.1) is 25.0 Å². The van der Waals surface area contributed by atoms with Crippen LogP contribution in [0, 0.1) is 29.6 Å². The van der Waals surface area contributed by atoms with Crippen molar-refractivity contribution in [2.75, 3.05) is 26.3 Å². The van der Waals surface area contributed by atoms with Crippen LogP contribution < -0.4 is 4.74 Å². The molecule has 0 heterocycles. The highest BCUT2D eigenvalue weighted by Gasteiger charge is 2.15. The molecule has 0 aliphatic rings. The van der Waals surface area contributed by atoms with Crippen LogP contribution in [0.15, 0.2) is 18.2 Å². The standard InChI is InChI=1S/C17H18ClN3O4/c1-13-10-14(4-5-15(13)18)24-12-17(23)25-11-16(22)21(8-2-6-19)9-3-7-20/h4-5,10H,2-3,8-9,11-12H2,1H3. The number of nitriles is 2. The maximum atomic E-state index is 12.0. The number of aryl methyl sites for hydroxylation is 1. The number of rotatable bonds is 9. The summed E-state index contributed by atoms with van der Waals surface area (Å²) in [7, 11) is 0. The van der Waals surface area contributed by atoms with Crippen LogP contribution in [0.4, 0.5) is 0 Å². The lowest BCUT2D eigenvalue weighted by molar-refractivity contribution is -0.153. The van der Waals surface area contributed by atoms with Crippen LogP contribution in [-0.2, 0) is 14.3 Å². The molecule has 1 rings (SSSR count). The summed E-state index contributed by atoms with van der Waals surface area (Å²) in [5, 5.41) is 17.8. The van der Waals surface area contributed by atoms with Crippen LogP contribution in [0.2, 0.25) is 5.02 Å². The molecule has 0 unspecified atom stereocenters. The molecule has 0 bridgehead atoms. The highest BCUT2D eigenvalue weighted by Crippen LogP contribution is 2.20.